The topological polar surface area (TPSA) is 131 Å². The quantitative estimate of drug-likeness (QED) is 0.195. The van der Waals surface area contributed by atoms with E-state index in [0.29, 0.717) is 0 Å². The molecule has 1 aromatic heterocycles. The van der Waals surface area contributed by atoms with Gasteiger partial charge in [-0.1, -0.05) is 0 Å². The molecule has 5 N–H and O–H groups in total. The van der Waals surface area contributed by atoms with Gasteiger partial charge in [0.1, 0.15) is 34.0 Å². The maximum absolute atomic E-state index is 12.2. The van der Waals surface area contributed by atoms with Gasteiger partial charge in [0.25, 0.3) is 0 Å². The number of fused-ring (bicyclic) bond motifs is 1. The number of benzene rings is 4. The fraction of sp³-hybridized carbons (Fsp3) is 0. The van der Waals surface area contributed by atoms with Crippen LogP contribution in [0.3, 0.4) is 0 Å². The third kappa shape index (κ3) is 5.37. The van der Waals surface area contributed by atoms with Gasteiger partial charge in [-0.15, -0.1) is 0 Å². The van der Waals surface area contributed by atoms with Gasteiger partial charge in [-0.05, 0) is 12.1 Å². The van der Waals surface area contributed by atoms with E-state index in [1.807, 2.05) is 12.1 Å². The summed E-state index contributed by atoms with van der Waals surface area (Å²) in [7, 11) is 6.53. The molecule has 4 aromatic carbocycles. The van der Waals surface area contributed by atoms with Crippen molar-refractivity contribution >= 4 is 45.7 Å². The van der Waals surface area contributed by atoms with Crippen molar-refractivity contribution in [3.8, 4) is 40.1 Å². The van der Waals surface area contributed by atoms with Crippen LogP contribution in [0.5, 0.6) is 28.7 Å². The van der Waals surface area contributed by atoms with Crippen molar-refractivity contribution in [1.82, 2.24) is 0 Å². The zero-order valence-corrected chi connectivity index (χ0v) is 22.2. The van der Waals surface area contributed by atoms with Gasteiger partial charge in [0.2, 0.25) is 11.2 Å². The molecule has 0 aliphatic rings. The summed E-state index contributed by atoms with van der Waals surface area (Å²) < 4.78 is 8.00. The third-order valence-electron chi connectivity index (χ3n) is 5.22. The summed E-state index contributed by atoms with van der Waals surface area (Å²) in [6, 6.07) is 26.4. The first-order valence-electron chi connectivity index (χ1n) is 10.6. The van der Waals surface area contributed by atoms with Crippen molar-refractivity contribution in [2.75, 3.05) is 0 Å². The van der Waals surface area contributed by atoms with Crippen LogP contribution < -0.4 is 12.6 Å². The van der Waals surface area contributed by atoms with E-state index in [9.17, 15) is 30.3 Å². The van der Waals surface area contributed by atoms with Crippen LogP contribution in [-0.4, -0.2) is 44.2 Å². The summed E-state index contributed by atoms with van der Waals surface area (Å²) in [6.45, 7) is 0. The summed E-state index contributed by atoms with van der Waals surface area (Å²) in [4.78, 5) is 12.2. The van der Waals surface area contributed by atoms with Crippen molar-refractivity contribution in [2.24, 2.45) is 0 Å². The van der Waals surface area contributed by atoms with Crippen LogP contribution in [0.1, 0.15) is 0 Å². The first-order chi connectivity index (χ1) is 17.3. The van der Waals surface area contributed by atoms with Gasteiger partial charge in [0, 0.05) is 18.2 Å². The molecule has 0 fully saturated rings. The predicted molar refractivity (Wildman–Crippen MR) is 140 cm³/mol. The number of hydrogen-bond donors (Lipinski definition) is 5. The van der Waals surface area contributed by atoms with Crippen molar-refractivity contribution in [3.05, 3.63) is 101 Å². The van der Waals surface area contributed by atoms with Crippen LogP contribution in [0.25, 0.3) is 22.3 Å². The Labute approximate surface area is 216 Å². The average Bonchev–Trinajstić information content (AvgIpc) is 2.87. The van der Waals surface area contributed by atoms with Gasteiger partial charge in [0.15, 0.2) is 5.76 Å². The Morgan fingerprint density at radius 1 is 0.667 bits per heavy atom. The normalized spacial score (nSPS) is 10.7. The molecule has 1 heterocycles. The van der Waals surface area contributed by atoms with E-state index in [1.54, 1.807) is 0 Å². The fourth-order valence-electron chi connectivity index (χ4n) is 3.51. The Hall–Kier alpha value is -3.82. The molecule has 0 saturated carbocycles. The Bertz CT molecular complexity index is 1530. The summed E-state index contributed by atoms with van der Waals surface area (Å²) >= 11 is -2.03. The first-order valence-corrected chi connectivity index (χ1v) is 17.1. The molecule has 9 heteroatoms. The predicted octanol–water partition coefficient (Wildman–Crippen LogP) is 4.02. The minimum absolute atomic E-state index is 0.0304. The number of rotatable bonds is 3. The molecule has 181 valence electrons. The van der Waals surface area contributed by atoms with E-state index >= 15 is 0 Å². The molecule has 0 amide bonds. The molecule has 36 heavy (non-hydrogen) atoms. The molecule has 5 rings (SSSR count). The van der Waals surface area contributed by atoms with Gasteiger partial charge in [-0.3, -0.25) is 4.79 Å². The summed E-state index contributed by atoms with van der Waals surface area (Å²) in [6.07, 6.45) is 0. The van der Waals surface area contributed by atoms with E-state index in [1.165, 1.54) is 19.3 Å². The monoisotopic (exact) mass is 611 g/mol. The molecular formula is C27H20ClO7Sn. The molecule has 0 unspecified atom stereocenters. The zero-order valence-electron chi connectivity index (χ0n) is 18.6. The van der Waals surface area contributed by atoms with Crippen LogP contribution in [0.4, 0.5) is 0 Å². The average molecular weight is 611 g/mol. The first kappa shape index (κ1) is 25.3. The van der Waals surface area contributed by atoms with E-state index in [2.05, 4.69) is 48.5 Å². The third-order valence-corrected chi connectivity index (χ3v) is 12.9. The van der Waals surface area contributed by atoms with Crippen molar-refractivity contribution in [1.29, 1.82) is 0 Å². The standard InChI is InChI=1S/C15H10O7.2C6H5.ClH.Sn/c16-6-1-2-8(9(18)3-6)15-14(21)13(20)12-10(19)4-7(17)5-11(12)22-15;2*1-2-4-6-5-3-1;;/h1-5,16-19,21H;2*1-5H;1H;/q;;;;+1/p-1. The second kappa shape index (κ2) is 10.8. The second-order valence-electron chi connectivity index (χ2n) is 7.69. The minimum atomic E-state index is -2.03. The Balaban J connectivity index is 0.000000187. The van der Waals surface area contributed by atoms with Crippen LogP contribution in [-0.2, 0) is 0 Å². The number of phenols is 4. The SMILES string of the molecule is O=c1c(O)c(-c2ccc(O)cc2O)oc2cc(O)cc(O)c12.[Cl][Sn]([c]1ccccc1)[c]1ccccc1. The molecule has 0 saturated heterocycles. The van der Waals surface area contributed by atoms with Gasteiger partial charge in [0.05, 0.1) is 5.56 Å². The summed E-state index contributed by atoms with van der Waals surface area (Å²) in [5, 5.41) is 47.9. The van der Waals surface area contributed by atoms with Gasteiger partial charge in [-0.25, -0.2) is 0 Å². The molecule has 5 aromatic rings. The van der Waals surface area contributed by atoms with Crippen LogP contribution in [0, 0.1) is 0 Å². The van der Waals surface area contributed by atoms with E-state index < -0.39 is 41.3 Å². The molecule has 1 radical (unpaired) electrons. The fourth-order valence-corrected chi connectivity index (χ4v) is 8.92. The molecule has 0 bridgehead atoms. The molecular weight excluding hydrogens is 590 g/mol. The molecule has 0 aliphatic carbocycles. The van der Waals surface area contributed by atoms with Crippen molar-refractivity contribution < 1.29 is 29.9 Å². The molecule has 0 atom stereocenters. The number of halogens is 1. The Morgan fingerprint density at radius 2 is 1.22 bits per heavy atom. The summed E-state index contributed by atoms with van der Waals surface area (Å²) in [5.41, 5.74) is -1.11. The maximum atomic E-state index is 12.2. The van der Waals surface area contributed by atoms with Crippen LogP contribution in [0.2, 0.25) is 0 Å². The number of aromatic hydroxyl groups is 5. The second-order valence-corrected chi connectivity index (χ2v) is 15.3. The van der Waals surface area contributed by atoms with E-state index in [4.69, 9.17) is 13.3 Å². The Kier molecular flexibility index (Phi) is 7.61. The molecule has 7 nitrogen and oxygen atoms in total. The van der Waals surface area contributed by atoms with Crippen molar-refractivity contribution in [2.45, 2.75) is 0 Å². The summed E-state index contributed by atoms with van der Waals surface area (Å²) in [5.74, 6) is -2.66. The number of hydrogen-bond acceptors (Lipinski definition) is 7. The number of phenolic OH excluding ortho intramolecular Hbond substituents is 4. The van der Waals surface area contributed by atoms with Gasteiger partial charge in [-0.2, -0.15) is 0 Å². The van der Waals surface area contributed by atoms with Crippen LogP contribution >= 0.6 is 8.92 Å². The molecule has 0 spiro atoms. The molecule has 0 aliphatic heterocycles. The van der Waals surface area contributed by atoms with E-state index in [-0.39, 0.29) is 33.8 Å². The van der Waals surface area contributed by atoms with Gasteiger partial charge >= 0.3 is 95.4 Å². The zero-order chi connectivity index (χ0) is 25.8. The Morgan fingerprint density at radius 3 is 1.78 bits per heavy atom. The van der Waals surface area contributed by atoms with E-state index in [0.717, 1.165) is 18.2 Å². The van der Waals surface area contributed by atoms with Crippen molar-refractivity contribution in [3.63, 3.8) is 0 Å². The van der Waals surface area contributed by atoms with Gasteiger partial charge < -0.3 is 29.9 Å². The van der Waals surface area contributed by atoms with Crippen LogP contribution in [0.15, 0.2) is 100 Å².